The highest BCUT2D eigenvalue weighted by Gasteiger charge is 2.25. The molecule has 1 rings (SSSR count). The van der Waals surface area contributed by atoms with Crippen LogP contribution in [0.4, 0.5) is 5.69 Å². The molecule has 1 unspecified atom stereocenters. The predicted molar refractivity (Wildman–Crippen MR) is 59.8 cm³/mol. The Bertz CT molecular complexity index is 253. The van der Waals surface area contributed by atoms with Gasteiger partial charge in [0.05, 0.1) is 19.6 Å². The first kappa shape index (κ1) is 10.3. The van der Waals surface area contributed by atoms with Crippen molar-refractivity contribution in [3.05, 3.63) is 30.3 Å². The Morgan fingerprint density at radius 3 is 2.08 bits per heavy atom. The van der Waals surface area contributed by atoms with Gasteiger partial charge in [-0.05, 0) is 32.9 Å². The molecule has 0 saturated heterocycles. The third-order valence-electron chi connectivity index (χ3n) is 3.14. The van der Waals surface area contributed by atoms with Gasteiger partial charge in [-0.1, -0.05) is 18.2 Å². The van der Waals surface area contributed by atoms with Crippen LogP contribution in [-0.2, 0) is 0 Å². The zero-order valence-corrected chi connectivity index (χ0v) is 9.12. The number of hydrogen-bond acceptors (Lipinski definition) is 0. The van der Waals surface area contributed by atoms with Crippen molar-refractivity contribution in [1.29, 1.82) is 0 Å². The van der Waals surface area contributed by atoms with Gasteiger partial charge >= 0.3 is 0 Å². The third kappa shape index (κ3) is 1.92. The molecule has 0 aliphatic carbocycles. The average molecular weight is 178 g/mol. The number of benzene rings is 1. The fourth-order valence-electron chi connectivity index (χ4n) is 1.61. The number of quaternary nitrogens is 1. The Kier molecular flexibility index (Phi) is 3.10. The molecule has 1 heteroatoms. The van der Waals surface area contributed by atoms with Crippen LogP contribution in [0.1, 0.15) is 20.8 Å². The van der Waals surface area contributed by atoms with Crippen LogP contribution in [0.15, 0.2) is 30.3 Å². The molecule has 0 aliphatic heterocycles. The van der Waals surface area contributed by atoms with Crippen molar-refractivity contribution in [2.24, 2.45) is 0 Å². The molecular weight excluding hydrogens is 158 g/mol. The number of nitrogens with zero attached hydrogens (tertiary/aromatic N) is 1. The first-order valence-corrected chi connectivity index (χ1v) is 5.02. The van der Waals surface area contributed by atoms with Crippen LogP contribution in [-0.4, -0.2) is 19.6 Å². The summed E-state index contributed by atoms with van der Waals surface area (Å²) in [6.45, 7) is 7.93. The highest BCUT2D eigenvalue weighted by Crippen LogP contribution is 2.23. The van der Waals surface area contributed by atoms with Gasteiger partial charge in [0, 0.05) is 0 Å². The lowest BCUT2D eigenvalue weighted by molar-refractivity contribution is 0.285. The van der Waals surface area contributed by atoms with Crippen LogP contribution in [0.25, 0.3) is 0 Å². The molecular formula is C12H20N+. The van der Waals surface area contributed by atoms with E-state index in [1.54, 1.807) is 0 Å². The summed E-state index contributed by atoms with van der Waals surface area (Å²) in [5.74, 6) is 0. The molecule has 1 atom stereocenters. The maximum atomic E-state index is 2.29. The summed E-state index contributed by atoms with van der Waals surface area (Å²) in [7, 11) is 2.29. The van der Waals surface area contributed by atoms with E-state index in [9.17, 15) is 0 Å². The number of rotatable bonds is 3. The molecule has 1 aromatic rings. The van der Waals surface area contributed by atoms with Gasteiger partial charge in [-0.3, -0.25) is 4.48 Å². The Morgan fingerprint density at radius 2 is 1.69 bits per heavy atom. The first-order valence-electron chi connectivity index (χ1n) is 5.02. The van der Waals surface area contributed by atoms with E-state index >= 15 is 0 Å². The van der Waals surface area contributed by atoms with Gasteiger partial charge in [0.2, 0.25) is 0 Å². The summed E-state index contributed by atoms with van der Waals surface area (Å²) in [5.41, 5.74) is 1.40. The minimum absolute atomic E-state index is 0.632. The first-order chi connectivity index (χ1) is 6.11. The van der Waals surface area contributed by atoms with E-state index < -0.39 is 0 Å². The van der Waals surface area contributed by atoms with Gasteiger partial charge in [-0.15, -0.1) is 0 Å². The SMILES string of the molecule is CC[N+](C)(c1ccccc1)C(C)C. The maximum absolute atomic E-state index is 2.29. The van der Waals surface area contributed by atoms with E-state index in [4.69, 9.17) is 0 Å². The molecule has 72 valence electrons. The van der Waals surface area contributed by atoms with Crippen LogP contribution in [0, 0.1) is 0 Å². The largest absolute Gasteiger partial charge is 0.292 e. The average Bonchev–Trinajstić information content (AvgIpc) is 2.17. The molecule has 13 heavy (non-hydrogen) atoms. The van der Waals surface area contributed by atoms with Gasteiger partial charge < -0.3 is 0 Å². The molecule has 0 amide bonds. The van der Waals surface area contributed by atoms with Crippen LogP contribution in [0.2, 0.25) is 0 Å². The quantitative estimate of drug-likeness (QED) is 0.624. The minimum Gasteiger partial charge on any atom is -0.292 e. The third-order valence-corrected chi connectivity index (χ3v) is 3.14. The summed E-state index contributed by atoms with van der Waals surface area (Å²) in [5, 5.41) is 0. The Hall–Kier alpha value is -0.820. The molecule has 0 saturated carbocycles. The fraction of sp³-hybridized carbons (Fsp3) is 0.500. The summed E-state index contributed by atoms with van der Waals surface area (Å²) < 4.78 is 1.01. The highest BCUT2D eigenvalue weighted by atomic mass is 15.3. The van der Waals surface area contributed by atoms with E-state index in [0.717, 1.165) is 11.0 Å². The lowest BCUT2D eigenvalue weighted by Crippen LogP contribution is -2.50. The second kappa shape index (κ2) is 3.93. The van der Waals surface area contributed by atoms with Gasteiger partial charge in [0.15, 0.2) is 0 Å². The van der Waals surface area contributed by atoms with Gasteiger partial charge in [-0.25, -0.2) is 0 Å². The Morgan fingerprint density at radius 1 is 1.15 bits per heavy atom. The summed E-state index contributed by atoms with van der Waals surface area (Å²) >= 11 is 0. The molecule has 0 aromatic heterocycles. The van der Waals surface area contributed by atoms with Gasteiger partial charge in [-0.2, -0.15) is 0 Å². The molecule has 0 spiro atoms. The molecule has 0 bridgehead atoms. The molecule has 0 radical (unpaired) electrons. The summed E-state index contributed by atoms with van der Waals surface area (Å²) in [6, 6.07) is 11.4. The van der Waals surface area contributed by atoms with Crippen molar-refractivity contribution in [1.82, 2.24) is 4.48 Å². The van der Waals surface area contributed by atoms with Crippen molar-refractivity contribution in [2.45, 2.75) is 26.8 Å². The predicted octanol–water partition coefficient (Wildman–Crippen LogP) is 3.05. The van der Waals surface area contributed by atoms with E-state index in [0.29, 0.717) is 6.04 Å². The minimum atomic E-state index is 0.632. The molecule has 0 N–H and O–H groups in total. The van der Waals surface area contributed by atoms with Crippen LogP contribution >= 0.6 is 0 Å². The molecule has 0 heterocycles. The number of para-hydroxylation sites is 1. The zero-order chi connectivity index (χ0) is 9.90. The van der Waals surface area contributed by atoms with Crippen LogP contribution < -0.4 is 4.48 Å². The van der Waals surface area contributed by atoms with E-state index in [-0.39, 0.29) is 0 Å². The lowest BCUT2D eigenvalue weighted by atomic mass is 10.2. The zero-order valence-electron chi connectivity index (χ0n) is 9.12. The summed E-state index contributed by atoms with van der Waals surface area (Å²) in [6.07, 6.45) is 0. The Labute approximate surface area is 81.6 Å². The van der Waals surface area contributed by atoms with Crippen LogP contribution in [0.5, 0.6) is 0 Å². The normalized spacial score (nSPS) is 15.8. The molecule has 0 fully saturated rings. The Balaban J connectivity index is 3.03. The fourth-order valence-corrected chi connectivity index (χ4v) is 1.61. The molecule has 1 nitrogen and oxygen atoms in total. The van der Waals surface area contributed by atoms with Crippen molar-refractivity contribution in [3.8, 4) is 0 Å². The van der Waals surface area contributed by atoms with Crippen molar-refractivity contribution in [2.75, 3.05) is 13.6 Å². The van der Waals surface area contributed by atoms with Crippen molar-refractivity contribution >= 4 is 5.69 Å². The molecule has 1 aromatic carbocycles. The second-order valence-electron chi connectivity index (χ2n) is 4.01. The van der Waals surface area contributed by atoms with Crippen molar-refractivity contribution < 1.29 is 0 Å². The monoisotopic (exact) mass is 178 g/mol. The summed E-state index contributed by atoms with van der Waals surface area (Å²) in [4.78, 5) is 0. The number of hydrogen-bond donors (Lipinski definition) is 0. The standard InChI is InChI=1S/C12H20N/c1-5-13(4,11(2)3)12-9-7-6-8-10-12/h6-11H,5H2,1-4H3/q+1. The van der Waals surface area contributed by atoms with E-state index in [2.05, 4.69) is 58.2 Å². The van der Waals surface area contributed by atoms with Crippen LogP contribution in [0.3, 0.4) is 0 Å². The maximum Gasteiger partial charge on any atom is 0.132 e. The van der Waals surface area contributed by atoms with Gasteiger partial charge in [0.25, 0.3) is 0 Å². The topological polar surface area (TPSA) is 0 Å². The second-order valence-corrected chi connectivity index (χ2v) is 4.01. The molecule has 0 aliphatic rings. The van der Waals surface area contributed by atoms with E-state index in [1.807, 2.05) is 0 Å². The van der Waals surface area contributed by atoms with E-state index in [1.165, 1.54) is 5.69 Å². The van der Waals surface area contributed by atoms with Crippen molar-refractivity contribution in [3.63, 3.8) is 0 Å². The van der Waals surface area contributed by atoms with Gasteiger partial charge in [0.1, 0.15) is 5.69 Å². The lowest BCUT2D eigenvalue weighted by Gasteiger charge is -2.37. The smallest absolute Gasteiger partial charge is 0.132 e. The highest BCUT2D eigenvalue weighted by molar-refractivity contribution is 5.42.